The average Bonchev–Trinajstić information content (AvgIpc) is 3.18. The number of furan rings is 1. The molecule has 4 nitrogen and oxygen atoms in total. The van der Waals surface area contributed by atoms with Crippen LogP contribution in [0.5, 0.6) is 0 Å². The SMILES string of the molecule is CC(C)(C)[Si](C)(C)OC[C@@H]1CCN(Cc2cnc3cc([Si](C)(C)C)oc3c2)C1. The van der Waals surface area contributed by atoms with E-state index < -0.39 is 16.4 Å². The number of hydrogen-bond donors (Lipinski definition) is 0. The predicted octanol–water partition coefficient (Wildman–Crippen LogP) is 5.22. The van der Waals surface area contributed by atoms with E-state index in [1.54, 1.807) is 0 Å². The minimum atomic E-state index is -1.65. The Morgan fingerprint density at radius 2 is 1.89 bits per heavy atom. The van der Waals surface area contributed by atoms with Gasteiger partial charge >= 0.3 is 0 Å². The summed E-state index contributed by atoms with van der Waals surface area (Å²) < 4.78 is 12.6. The summed E-state index contributed by atoms with van der Waals surface area (Å²) in [5.41, 5.74) is 3.17. The van der Waals surface area contributed by atoms with Gasteiger partial charge in [0.15, 0.2) is 13.9 Å². The minimum Gasteiger partial charge on any atom is -0.465 e. The van der Waals surface area contributed by atoms with Crippen molar-refractivity contribution in [1.82, 2.24) is 9.88 Å². The molecule has 0 amide bonds. The van der Waals surface area contributed by atoms with E-state index in [0.717, 1.165) is 42.7 Å². The van der Waals surface area contributed by atoms with Crippen molar-refractivity contribution in [2.45, 2.75) is 71.5 Å². The summed E-state index contributed by atoms with van der Waals surface area (Å²) in [7, 11) is -3.09. The van der Waals surface area contributed by atoms with Crippen LogP contribution in [-0.2, 0) is 11.0 Å². The van der Waals surface area contributed by atoms with E-state index in [1.165, 1.54) is 12.0 Å². The summed E-state index contributed by atoms with van der Waals surface area (Å²) >= 11 is 0. The van der Waals surface area contributed by atoms with Gasteiger partial charge in [-0.3, -0.25) is 9.88 Å². The van der Waals surface area contributed by atoms with Crippen LogP contribution in [0.2, 0.25) is 37.8 Å². The van der Waals surface area contributed by atoms with E-state index in [-0.39, 0.29) is 5.04 Å². The third-order valence-electron chi connectivity index (χ3n) is 6.43. The third-order valence-corrected chi connectivity index (χ3v) is 12.7. The number of rotatable bonds is 6. The number of likely N-dealkylation sites (tertiary alicyclic amines) is 1. The molecule has 2 aromatic rings. The Hall–Kier alpha value is -0.956. The van der Waals surface area contributed by atoms with Crippen LogP contribution in [0.1, 0.15) is 32.8 Å². The molecule has 0 aliphatic carbocycles. The van der Waals surface area contributed by atoms with E-state index in [4.69, 9.17) is 8.84 Å². The largest absolute Gasteiger partial charge is 0.465 e. The second kappa shape index (κ2) is 7.70. The van der Waals surface area contributed by atoms with Gasteiger partial charge in [0.2, 0.25) is 0 Å². The molecule has 0 N–H and O–H groups in total. The molecule has 6 heteroatoms. The second-order valence-electron chi connectivity index (χ2n) is 11.0. The first-order chi connectivity index (χ1) is 12.8. The van der Waals surface area contributed by atoms with Crippen LogP contribution in [-0.4, -0.2) is 46.0 Å². The molecule has 1 fully saturated rings. The molecule has 0 unspecified atom stereocenters. The highest BCUT2D eigenvalue weighted by Crippen LogP contribution is 2.37. The monoisotopic (exact) mass is 418 g/mol. The zero-order valence-electron chi connectivity index (χ0n) is 19.1. The molecule has 0 radical (unpaired) electrons. The molecule has 156 valence electrons. The van der Waals surface area contributed by atoms with Gasteiger partial charge in [0.1, 0.15) is 13.6 Å². The Kier molecular flexibility index (Phi) is 5.98. The second-order valence-corrected chi connectivity index (χ2v) is 20.9. The Balaban J connectivity index is 1.58. The maximum Gasteiger partial charge on any atom is 0.191 e. The van der Waals surface area contributed by atoms with Gasteiger partial charge < -0.3 is 8.84 Å². The molecule has 3 rings (SSSR count). The quantitative estimate of drug-likeness (QED) is 0.603. The van der Waals surface area contributed by atoms with Crippen LogP contribution in [0.3, 0.4) is 0 Å². The van der Waals surface area contributed by atoms with Gasteiger partial charge in [0.25, 0.3) is 0 Å². The molecular weight excluding hydrogens is 380 g/mol. The molecule has 0 spiro atoms. The molecule has 0 aromatic carbocycles. The molecule has 0 bridgehead atoms. The van der Waals surface area contributed by atoms with E-state index in [2.05, 4.69) is 75.5 Å². The Labute approximate surface area is 172 Å². The van der Waals surface area contributed by atoms with Gasteiger partial charge in [0.05, 0.1) is 5.38 Å². The normalized spacial score (nSPS) is 19.6. The lowest BCUT2D eigenvalue weighted by atomic mass is 10.1. The fraction of sp³-hybridized carbons (Fsp3) is 0.682. The summed E-state index contributed by atoms with van der Waals surface area (Å²) in [5, 5.41) is 1.42. The van der Waals surface area contributed by atoms with Crippen LogP contribution in [0, 0.1) is 5.92 Å². The van der Waals surface area contributed by atoms with Crippen LogP contribution in [0.15, 0.2) is 22.7 Å². The molecule has 2 aromatic heterocycles. The van der Waals surface area contributed by atoms with Crippen molar-refractivity contribution >= 4 is 32.9 Å². The van der Waals surface area contributed by atoms with Crippen LogP contribution in [0.25, 0.3) is 11.1 Å². The van der Waals surface area contributed by atoms with Crippen molar-refractivity contribution in [1.29, 1.82) is 0 Å². The number of pyridine rings is 1. The molecule has 1 aliphatic rings. The van der Waals surface area contributed by atoms with Crippen LogP contribution >= 0.6 is 0 Å². The molecule has 0 saturated carbocycles. The number of fused-ring (bicyclic) bond motifs is 1. The van der Waals surface area contributed by atoms with Gasteiger partial charge in [-0.1, -0.05) is 40.4 Å². The lowest BCUT2D eigenvalue weighted by molar-refractivity contribution is 0.221. The zero-order valence-corrected chi connectivity index (χ0v) is 21.1. The maximum absolute atomic E-state index is 6.46. The zero-order chi connectivity index (χ0) is 20.7. The molecular formula is C22H38N2O2Si2. The minimum absolute atomic E-state index is 0.282. The third kappa shape index (κ3) is 4.96. The lowest BCUT2D eigenvalue weighted by Crippen LogP contribution is -2.42. The van der Waals surface area contributed by atoms with Gasteiger partial charge in [-0.05, 0) is 48.6 Å². The van der Waals surface area contributed by atoms with E-state index in [9.17, 15) is 0 Å². The molecule has 3 heterocycles. The van der Waals surface area contributed by atoms with Gasteiger partial charge in [-0.2, -0.15) is 0 Å². The maximum atomic E-state index is 6.46. The summed E-state index contributed by atoms with van der Waals surface area (Å²) in [6, 6.07) is 4.32. The van der Waals surface area contributed by atoms with Crippen LogP contribution in [0.4, 0.5) is 0 Å². The first-order valence-electron chi connectivity index (χ1n) is 10.6. The van der Waals surface area contributed by atoms with Crippen molar-refractivity contribution in [3.8, 4) is 0 Å². The molecule has 1 atom stereocenters. The van der Waals surface area contributed by atoms with E-state index >= 15 is 0 Å². The van der Waals surface area contributed by atoms with Crippen LogP contribution < -0.4 is 5.38 Å². The highest BCUT2D eigenvalue weighted by Gasteiger charge is 2.38. The average molecular weight is 419 g/mol. The molecule has 1 saturated heterocycles. The summed E-state index contributed by atoms with van der Waals surface area (Å²) in [6.45, 7) is 22.7. The van der Waals surface area contributed by atoms with Gasteiger partial charge in [-0.15, -0.1) is 0 Å². The Morgan fingerprint density at radius 3 is 2.54 bits per heavy atom. The lowest BCUT2D eigenvalue weighted by Gasteiger charge is -2.37. The highest BCUT2D eigenvalue weighted by molar-refractivity contribution is 6.87. The molecule has 1 aliphatic heterocycles. The Morgan fingerprint density at radius 1 is 1.18 bits per heavy atom. The smallest absolute Gasteiger partial charge is 0.191 e. The first kappa shape index (κ1) is 21.7. The van der Waals surface area contributed by atoms with Crippen molar-refractivity contribution in [2.75, 3.05) is 19.7 Å². The first-order valence-corrected chi connectivity index (χ1v) is 17.0. The number of aromatic nitrogens is 1. The van der Waals surface area contributed by atoms with Crippen molar-refractivity contribution in [3.05, 3.63) is 23.9 Å². The van der Waals surface area contributed by atoms with Gasteiger partial charge in [0, 0.05) is 32.0 Å². The number of hydrogen-bond acceptors (Lipinski definition) is 4. The summed E-state index contributed by atoms with van der Waals surface area (Å²) in [6.07, 6.45) is 3.25. The summed E-state index contributed by atoms with van der Waals surface area (Å²) in [4.78, 5) is 7.19. The molecule has 28 heavy (non-hydrogen) atoms. The van der Waals surface area contributed by atoms with E-state index in [0.29, 0.717) is 5.92 Å². The van der Waals surface area contributed by atoms with Gasteiger partial charge in [-0.25, -0.2) is 0 Å². The predicted molar refractivity (Wildman–Crippen MR) is 124 cm³/mol. The van der Waals surface area contributed by atoms with Crippen molar-refractivity contribution < 1.29 is 8.84 Å². The fourth-order valence-electron chi connectivity index (χ4n) is 3.41. The van der Waals surface area contributed by atoms with Crippen molar-refractivity contribution in [2.24, 2.45) is 5.92 Å². The number of nitrogens with zero attached hydrogens (tertiary/aromatic N) is 2. The van der Waals surface area contributed by atoms with E-state index in [1.807, 2.05) is 6.20 Å². The topological polar surface area (TPSA) is 38.5 Å². The summed E-state index contributed by atoms with van der Waals surface area (Å²) in [5.74, 6) is 0.646. The Bertz CT molecular complexity index is 818. The standard InChI is InChI=1S/C22H38N2O2Si2/c1-22(2,3)28(7,8)25-16-17-9-10-24(14-17)15-18-11-20-19(23-13-18)12-21(26-20)27(4,5)6/h11-13,17H,9-10,14-16H2,1-8H3/t17-/m1/s1. The highest BCUT2D eigenvalue weighted by atomic mass is 28.4. The fourth-order valence-corrected chi connectivity index (χ4v) is 5.48. The van der Waals surface area contributed by atoms with Crippen molar-refractivity contribution in [3.63, 3.8) is 0 Å².